The number of nitrogens with one attached hydrogen (secondary N) is 1. The highest BCUT2D eigenvalue weighted by molar-refractivity contribution is 6.10. The second kappa shape index (κ2) is 6.50. The van der Waals surface area contributed by atoms with E-state index in [-0.39, 0.29) is 24.3 Å². The molecule has 1 fully saturated rings. The van der Waals surface area contributed by atoms with Crippen molar-refractivity contribution < 1.29 is 14.4 Å². The van der Waals surface area contributed by atoms with Gasteiger partial charge in [-0.3, -0.25) is 14.5 Å². The molecule has 25 heavy (non-hydrogen) atoms. The number of amides is 4. The van der Waals surface area contributed by atoms with Crippen LogP contribution < -0.4 is 10.2 Å². The molecule has 1 saturated heterocycles. The van der Waals surface area contributed by atoms with E-state index in [0.29, 0.717) is 13.0 Å². The smallest absolute Gasteiger partial charge is 0.323 e. The van der Waals surface area contributed by atoms with Crippen LogP contribution >= 0.6 is 0 Å². The maximum absolute atomic E-state index is 12.8. The van der Waals surface area contributed by atoms with Crippen LogP contribution in [0.25, 0.3) is 0 Å². The van der Waals surface area contributed by atoms with Crippen molar-refractivity contribution in [2.45, 2.75) is 45.6 Å². The maximum atomic E-state index is 12.8. The molecule has 6 nitrogen and oxygen atoms in total. The molecule has 1 aromatic carbocycles. The Bertz CT molecular complexity index is 716. The molecule has 1 aromatic rings. The van der Waals surface area contributed by atoms with Crippen molar-refractivity contribution in [1.29, 1.82) is 0 Å². The summed E-state index contributed by atoms with van der Waals surface area (Å²) in [6, 6.07) is 7.31. The average Bonchev–Trinajstić information content (AvgIpc) is 2.76. The number of rotatable bonds is 4. The van der Waals surface area contributed by atoms with E-state index in [1.165, 1.54) is 0 Å². The van der Waals surface area contributed by atoms with E-state index in [9.17, 15) is 14.4 Å². The highest BCUT2D eigenvalue weighted by Crippen LogP contribution is 2.28. The fourth-order valence-electron chi connectivity index (χ4n) is 3.86. The normalized spacial score (nSPS) is 23.0. The van der Waals surface area contributed by atoms with Crippen molar-refractivity contribution in [3.05, 3.63) is 29.8 Å². The molecular weight excluding hydrogens is 318 g/mol. The Hall–Kier alpha value is -2.37. The average molecular weight is 343 g/mol. The molecule has 6 heteroatoms. The number of hydrogen-bond acceptors (Lipinski definition) is 3. The molecule has 0 aliphatic carbocycles. The van der Waals surface area contributed by atoms with Crippen LogP contribution in [0.4, 0.5) is 10.5 Å². The Morgan fingerprint density at radius 1 is 1.28 bits per heavy atom. The second-order valence-electron chi connectivity index (χ2n) is 7.53. The van der Waals surface area contributed by atoms with Crippen molar-refractivity contribution >= 4 is 23.5 Å². The Morgan fingerprint density at radius 3 is 2.72 bits per heavy atom. The first-order chi connectivity index (χ1) is 11.8. The van der Waals surface area contributed by atoms with Gasteiger partial charge in [0, 0.05) is 12.2 Å². The maximum Gasteiger partial charge on any atom is 0.325 e. The summed E-state index contributed by atoms with van der Waals surface area (Å²) >= 11 is 0. The van der Waals surface area contributed by atoms with Gasteiger partial charge in [-0.25, -0.2) is 4.79 Å². The largest absolute Gasteiger partial charge is 0.325 e. The first-order valence-electron chi connectivity index (χ1n) is 8.84. The summed E-state index contributed by atoms with van der Waals surface area (Å²) in [6.45, 7) is 6.13. The van der Waals surface area contributed by atoms with E-state index in [4.69, 9.17) is 0 Å². The fourth-order valence-corrected chi connectivity index (χ4v) is 3.86. The van der Waals surface area contributed by atoms with Crippen molar-refractivity contribution in [3.63, 3.8) is 0 Å². The van der Waals surface area contributed by atoms with Gasteiger partial charge in [-0.2, -0.15) is 0 Å². The number of anilines is 1. The molecule has 2 heterocycles. The SMILES string of the molecule is CC(C)CC1(C)NC(=O)N(CC(=O)N2CCCc3ccccc32)C1=O. The Labute approximate surface area is 148 Å². The van der Waals surface area contributed by atoms with Crippen LogP contribution in [0.1, 0.15) is 39.2 Å². The van der Waals surface area contributed by atoms with Gasteiger partial charge in [0.2, 0.25) is 5.91 Å². The van der Waals surface area contributed by atoms with Crippen LogP contribution in [-0.2, 0) is 16.0 Å². The molecule has 0 aromatic heterocycles. The van der Waals surface area contributed by atoms with Crippen LogP contribution in [0.2, 0.25) is 0 Å². The molecule has 0 spiro atoms. The topological polar surface area (TPSA) is 69.7 Å². The van der Waals surface area contributed by atoms with Crippen LogP contribution in [0.15, 0.2) is 24.3 Å². The lowest BCUT2D eigenvalue weighted by molar-refractivity contribution is -0.134. The lowest BCUT2D eigenvalue weighted by Gasteiger charge is -2.30. The minimum absolute atomic E-state index is 0.216. The molecule has 4 amide bonds. The third-order valence-corrected chi connectivity index (χ3v) is 4.87. The zero-order valence-electron chi connectivity index (χ0n) is 15.0. The van der Waals surface area contributed by atoms with E-state index in [2.05, 4.69) is 5.32 Å². The first kappa shape index (κ1) is 17.5. The fraction of sp³-hybridized carbons (Fsp3) is 0.526. The van der Waals surface area contributed by atoms with E-state index >= 15 is 0 Å². The van der Waals surface area contributed by atoms with Crippen molar-refractivity contribution in [3.8, 4) is 0 Å². The second-order valence-corrected chi connectivity index (χ2v) is 7.53. The van der Waals surface area contributed by atoms with Gasteiger partial charge in [0.05, 0.1) is 0 Å². The lowest BCUT2D eigenvalue weighted by Crippen LogP contribution is -2.47. The number of nitrogens with zero attached hydrogens (tertiary/aromatic N) is 2. The van der Waals surface area contributed by atoms with Gasteiger partial charge in [-0.05, 0) is 43.7 Å². The summed E-state index contributed by atoms with van der Waals surface area (Å²) in [5, 5.41) is 2.76. The predicted octanol–water partition coefficient (Wildman–Crippen LogP) is 2.32. The highest BCUT2D eigenvalue weighted by Gasteiger charge is 2.48. The molecule has 0 saturated carbocycles. The van der Waals surface area contributed by atoms with Crippen molar-refractivity contribution in [2.75, 3.05) is 18.0 Å². The zero-order valence-corrected chi connectivity index (χ0v) is 15.0. The van der Waals surface area contributed by atoms with Gasteiger partial charge in [0.25, 0.3) is 5.91 Å². The van der Waals surface area contributed by atoms with Gasteiger partial charge in [0.15, 0.2) is 0 Å². The Kier molecular flexibility index (Phi) is 4.54. The van der Waals surface area contributed by atoms with Gasteiger partial charge in [0.1, 0.15) is 12.1 Å². The highest BCUT2D eigenvalue weighted by atomic mass is 16.2. The number of carbonyl (C=O) groups excluding carboxylic acids is 3. The lowest BCUT2D eigenvalue weighted by atomic mass is 9.91. The van der Waals surface area contributed by atoms with Crippen LogP contribution in [0.5, 0.6) is 0 Å². The van der Waals surface area contributed by atoms with Gasteiger partial charge < -0.3 is 10.2 Å². The minimum Gasteiger partial charge on any atom is -0.323 e. The van der Waals surface area contributed by atoms with Crippen LogP contribution in [0, 0.1) is 5.92 Å². The summed E-state index contributed by atoms with van der Waals surface area (Å²) in [5.41, 5.74) is 1.09. The summed E-state index contributed by atoms with van der Waals surface area (Å²) in [5.74, 6) is -0.270. The van der Waals surface area contributed by atoms with Gasteiger partial charge >= 0.3 is 6.03 Å². The number of para-hydroxylation sites is 1. The van der Waals surface area contributed by atoms with Crippen molar-refractivity contribution in [2.24, 2.45) is 5.92 Å². The minimum atomic E-state index is -0.925. The van der Waals surface area contributed by atoms with E-state index < -0.39 is 11.6 Å². The summed E-state index contributed by atoms with van der Waals surface area (Å²) < 4.78 is 0. The molecular formula is C19H25N3O3. The monoisotopic (exact) mass is 343 g/mol. The third-order valence-electron chi connectivity index (χ3n) is 4.87. The van der Waals surface area contributed by atoms with E-state index in [1.54, 1.807) is 11.8 Å². The van der Waals surface area contributed by atoms with E-state index in [0.717, 1.165) is 29.0 Å². The number of aryl methyl sites for hydroxylation is 1. The van der Waals surface area contributed by atoms with Crippen LogP contribution in [0.3, 0.4) is 0 Å². The molecule has 2 aliphatic rings. The molecule has 0 radical (unpaired) electrons. The quantitative estimate of drug-likeness (QED) is 0.853. The summed E-state index contributed by atoms with van der Waals surface area (Å²) in [4.78, 5) is 40.5. The Balaban J connectivity index is 1.76. The molecule has 3 rings (SSSR count). The number of benzene rings is 1. The number of urea groups is 1. The zero-order chi connectivity index (χ0) is 18.2. The molecule has 1 N–H and O–H groups in total. The number of fused-ring (bicyclic) bond motifs is 1. The van der Waals surface area contributed by atoms with Gasteiger partial charge in [-0.1, -0.05) is 32.0 Å². The molecule has 2 aliphatic heterocycles. The van der Waals surface area contributed by atoms with Crippen LogP contribution in [-0.4, -0.2) is 41.4 Å². The first-order valence-corrected chi connectivity index (χ1v) is 8.84. The van der Waals surface area contributed by atoms with Gasteiger partial charge in [-0.15, -0.1) is 0 Å². The third kappa shape index (κ3) is 3.25. The molecule has 0 bridgehead atoms. The summed E-state index contributed by atoms with van der Waals surface area (Å²) in [7, 11) is 0. The van der Waals surface area contributed by atoms with E-state index in [1.807, 2.05) is 38.1 Å². The number of hydrogen-bond donors (Lipinski definition) is 1. The summed E-state index contributed by atoms with van der Waals surface area (Å²) in [6.07, 6.45) is 2.37. The standard InChI is InChI=1S/C19H25N3O3/c1-13(2)11-19(3)17(24)22(18(25)20-19)12-16(23)21-10-6-8-14-7-4-5-9-15(14)21/h4-5,7,9,13H,6,8,10-12H2,1-3H3,(H,20,25). The number of carbonyl (C=O) groups is 3. The van der Waals surface area contributed by atoms with Crippen molar-refractivity contribution in [1.82, 2.24) is 10.2 Å². The molecule has 134 valence electrons. The molecule has 1 unspecified atom stereocenters. The molecule has 1 atom stereocenters. The Morgan fingerprint density at radius 2 is 2.00 bits per heavy atom. The predicted molar refractivity (Wildman–Crippen MR) is 95.2 cm³/mol. The number of imide groups is 1.